The Balaban J connectivity index is 1.57. The van der Waals surface area contributed by atoms with Gasteiger partial charge in [0.1, 0.15) is 0 Å². The van der Waals surface area contributed by atoms with Gasteiger partial charge in [-0.05, 0) is 17.7 Å². The first-order valence-electron chi connectivity index (χ1n) is 7.22. The van der Waals surface area contributed by atoms with Crippen LogP contribution in [-0.2, 0) is 16.1 Å². The van der Waals surface area contributed by atoms with Crippen molar-refractivity contribution in [3.8, 4) is 0 Å². The first kappa shape index (κ1) is 13.8. The summed E-state index contributed by atoms with van der Waals surface area (Å²) in [6.07, 6.45) is 1.45. The van der Waals surface area contributed by atoms with Crippen LogP contribution in [0.5, 0.6) is 0 Å². The number of ether oxygens (including phenoxy) is 1. The fourth-order valence-corrected chi connectivity index (χ4v) is 4.26. The van der Waals surface area contributed by atoms with Crippen molar-refractivity contribution in [2.45, 2.75) is 31.2 Å². The molecular formula is C15H16Cl2N2O2. The topological polar surface area (TPSA) is 32.8 Å². The molecule has 3 heterocycles. The third kappa shape index (κ3) is 2.00. The second-order valence-electron chi connectivity index (χ2n) is 5.93. The molecule has 1 aromatic carbocycles. The number of carbonyl (C=O) groups is 1. The number of amides is 1. The van der Waals surface area contributed by atoms with Gasteiger partial charge in [-0.2, -0.15) is 0 Å². The van der Waals surface area contributed by atoms with E-state index in [0.29, 0.717) is 23.1 Å². The Kier molecular flexibility index (Phi) is 3.19. The van der Waals surface area contributed by atoms with Crippen molar-refractivity contribution < 1.29 is 9.53 Å². The molecule has 1 amide bonds. The van der Waals surface area contributed by atoms with Crippen LogP contribution in [-0.4, -0.2) is 47.2 Å². The summed E-state index contributed by atoms with van der Waals surface area (Å²) < 4.78 is 5.99. The Bertz CT molecular complexity index is 609. The highest BCUT2D eigenvalue weighted by molar-refractivity contribution is 6.42. The van der Waals surface area contributed by atoms with Crippen LogP contribution >= 0.6 is 23.2 Å². The summed E-state index contributed by atoms with van der Waals surface area (Å²) >= 11 is 12.0. The lowest BCUT2D eigenvalue weighted by Gasteiger charge is -2.31. The van der Waals surface area contributed by atoms with E-state index >= 15 is 0 Å². The number of hydrogen-bond acceptors (Lipinski definition) is 3. The maximum atomic E-state index is 12.1. The lowest BCUT2D eigenvalue weighted by Crippen LogP contribution is -2.47. The van der Waals surface area contributed by atoms with Crippen molar-refractivity contribution in [2.75, 3.05) is 19.7 Å². The second kappa shape index (κ2) is 4.85. The van der Waals surface area contributed by atoms with E-state index in [-0.39, 0.29) is 17.7 Å². The maximum Gasteiger partial charge on any atom is 0.226 e. The molecule has 0 N–H and O–H groups in total. The minimum Gasteiger partial charge on any atom is -0.352 e. The Labute approximate surface area is 133 Å². The molecule has 2 atom stereocenters. The summed E-state index contributed by atoms with van der Waals surface area (Å²) in [6, 6.07) is 5.87. The molecule has 0 aliphatic carbocycles. The summed E-state index contributed by atoms with van der Waals surface area (Å²) in [5, 5.41) is 1.14. The zero-order valence-corrected chi connectivity index (χ0v) is 13.0. The van der Waals surface area contributed by atoms with Gasteiger partial charge in [0.05, 0.1) is 22.7 Å². The third-order valence-electron chi connectivity index (χ3n) is 4.88. The predicted molar refractivity (Wildman–Crippen MR) is 80.3 cm³/mol. The van der Waals surface area contributed by atoms with Crippen LogP contribution in [0.25, 0.3) is 0 Å². The van der Waals surface area contributed by atoms with Crippen molar-refractivity contribution in [3.63, 3.8) is 0 Å². The summed E-state index contributed by atoms with van der Waals surface area (Å²) in [6.45, 7) is 3.10. The highest BCUT2D eigenvalue weighted by atomic mass is 35.5. The number of rotatable bonds is 2. The summed E-state index contributed by atoms with van der Waals surface area (Å²) in [7, 11) is 0. The van der Waals surface area contributed by atoms with Crippen LogP contribution in [0.3, 0.4) is 0 Å². The molecular weight excluding hydrogens is 311 g/mol. The first-order chi connectivity index (χ1) is 10.1. The lowest BCUT2D eigenvalue weighted by atomic mass is 10.1. The Morgan fingerprint density at radius 2 is 2.14 bits per heavy atom. The second-order valence-corrected chi connectivity index (χ2v) is 6.74. The molecule has 0 unspecified atom stereocenters. The number of benzene rings is 1. The van der Waals surface area contributed by atoms with Gasteiger partial charge in [0.25, 0.3) is 0 Å². The number of nitrogens with zero attached hydrogens (tertiary/aromatic N) is 2. The molecule has 112 valence electrons. The predicted octanol–water partition coefficient (Wildman–Crippen LogP) is 2.53. The first-order valence-corrected chi connectivity index (χ1v) is 7.98. The fraction of sp³-hybridized carbons (Fsp3) is 0.533. The standard InChI is InChI=1S/C15H16Cl2N2O2/c16-11-2-1-10(7-12(11)17)9-18-4-3-15-13(18)8-14(20)19(15)5-6-21-15/h1-2,7,13H,3-6,8-9H2/t13-,15+/m1/s1. The van der Waals surface area contributed by atoms with Gasteiger partial charge in [-0.3, -0.25) is 9.69 Å². The van der Waals surface area contributed by atoms with E-state index in [2.05, 4.69) is 4.90 Å². The van der Waals surface area contributed by atoms with Gasteiger partial charge in [0.2, 0.25) is 5.91 Å². The molecule has 0 aromatic heterocycles. The van der Waals surface area contributed by atoms with Crippen molar-refractivity contribution in [1.29, 1.82) is 0 Å². The van der Waals surface area contributed by atoms with E-state index in [9.17, 15) is 4.79 Å². The molecule has 1 aromatic rings. The van der Waals surface area contributed by atoms with Gasteiger partial charge in [-0.15, -0.1) is 0 Å². The minimum atomic E-state index is -0.368. The largest absolute Gasteiger partial charge is 0.352 e. The normalized spacial score (nSPS) is 31.8. The summed E-state index contributed by atoms with van der Waals surface area (Å²) in [4.78, 5) is 16.4. The average Bonchev–Trinajstić information content (AvgIpc) is 3.08. The van der Waals surface area contributed by atoms with E-state index in [1.807, 2.05) is 23.1 Å². The molecule has 3 aliphatic rings. The number of likely N-dealkylation sites (tertiary alicyclic amines) is 1. The van der Waals surface area contributed by atoms with Crippen molar-refractivity contribution in [3.05, 3.63) is 33.8 Å². The van der Waals surface area contributed by atoms with Gasteiger partial charge in [-0.1, -0.05) is 29.3 Å². The molecule has 6 heteroatoms. The molecule has 0 radical (unpaired) electrons. The highest BCUT2D eigenvalue weighted by Gasteiger charge is 2.61. The fourth-order valence-electron chi connectivity index (χ4n) is 3.94. The SMILES string of the molecule is O=C1C[C@H]2N(Cc3ccc(Cl)c(Cl)c3)CC[C@]23OCCN13. The average molecular weight is 327 g/mol. The van der Waals surface area contributed by atoms with Crippen LogP contribution in [0.2, 0.25) is 10.0 Å². The van der Waals surface area contributed by atoms with Crippen LogP contribution in [0.15, 0.2) is 18.2 Å². The maximum absolute atomic E-state index is 12.1. The van der Waals surface area contributed by atoms with E-state index < -0.39 is 0 Å². The molecule has 1 spiro atoms. The molecule has 3 fully saturated rings. The molecule has 4 nitrogen and oxygen atoms in total. The van der Waals surface area contributed by atoms with Crippen molar-refractivity contribution >= 4 is 29.1 Å². The van der Waals surface area contributed by atoms with Crippen molar-refractivity contribution in [2.24, 2.45) is 0 Å². The lowest BCUT2D eigenvalue weighted by molar-refractivity contribution is -0.136. The van der Waals surface area contributed by atoms with Crippen molar-refractivity contribution in [1.82, 2.24) is 9.80 Å². The van der Waals surface area contributed by atoms with Gasteiger partial charge in [0, 0.05) is 32.5 Å². The van der Waals surface area contributed by atoms with E-state index in [1.165, 1.54) is 0 Å². The molecule has 4 rings (SSSR count). The Morgan fingerprint density at radius 1 is 1.29 bits per heavy atom. The number of carbonyl (C=O) groups excluding carboxylic acids is 1. The quantitative estimate of drug-likeness (QED) is 0.837. The highest BCUT2D eigenvalue weighted by Crippen LogP contribution is 2.46. The van der Waals surface area contributed by atoms with Crippen LogP contribution < -0.4 is 0 Å². The zero-order chi connectivity index (χ0) is 14.6. The minimum absolute atomic E-state index is 0.155. The smallest absolute Gasteiger partial charge is 0.226 e. The molecule has 21 heavy (non-hydrogen) atoms. The number of hydrogen-bond donors (Lipinski definition) is 0. The summed E-state index contributed by atoms with van der Waals surface area (Å²) in [5.74, 6) is 0.219. The molecule has 3 saturated heterocycles. The van der Waals surface area contributed by atoms with Crippen LogP contribution in [0.1, 0.15) is 18.4 Å². The van der Waals surface area contributed by atoms with Crippen LogP contribution in [0, 0.1) is 0 Å². The van der Waals surface area contributed by atoms with Gasteiger partial charge in [0.15, 0.2) is 5.72 Å². The van der Waals surface area contributed by atoms with E-state index in [0.717, 1.165) is 31.6 Å². The van der Waals surface area contributed by atoms with Gasteiger partial charge in [-0.25, -0.2) is 0 Å². The molecule has 0 bridgehead atoms. The Morgan fingerprint density at radius 3 is 2.95 bits per heavy atom. The molecule has 0 saturated carbocycles. The van der Waals surface area contributed by atoms with Gasteiger partial charge < -0.3 is 9.64 Å². The monoisotopic (exact) mass is 326 g/mol. The molecule has 3 aliphatic heterocycles. The zero-order valence-electron chi connectivity index (χ0n) is 11.5. The van der Waals surface area contributed by atoms with E-state index in [4.69, 9.17) is 27.9 Å². The van der Waals surface area contributed by atoms with Gasteiger partial charge >= 0.3 is 0 Å². The summed E-state index contributed by atoms with van der Waals surface area (Å²) in [5.41, 5.74) is 0.748. The number of halogens is 2. The van der Waals surface area contributed by atoms with Crippen LogP contribution in [0.4, 0.5) is 0 Å². The third-order valence-corrected chi connectivity index (χ3v) is 5.62. The van der Waals surface area contributed by atoms with E-state index in [1.54, 1.807) is 0 Å². The Hall–Kier alpha value is -0.810.